The maximum absolute atomic E-state index is 11.4. The van der Waals surface area contributed by atoms with Crippen LogP contribution in [0, 0.1) is 0 Å². The standard InChI is InChI=1S/C17H16O4S/c1-22(20,21)15-10-7-13(8-11-15)9-12-16(17(18)19)14-5-3-2-4-6-14/h2-12,16H,1H3,(H,18,19)/b12-9+. The van der Waals surface area contributed by atoms with Gasteiger partial charge in [0.05, 0.1) is 4.90 Å². The van der Waals surface area contributed by atoms with Crippen LogP contribution in [-0.2, 0) is 14.6 Å². The number of rotatable bonds is 5. The predicted molar refractivity (Wildman–Crippen MR) is 85.4 cm³/mol. The minimum atomic E-state index is -3.23. The summed E-state index contributed by atoms with van der Waals surface area (Å²) in [7, 11) is -3.23. The molecular formula is C17H16O4S. The van der Waals surface area contributed by atoms with Crippen LogP contribution in [0.25, 0.3) is 6.08 Å². The largest absolute Gasteiger partial charge is 0.481 e. The van der Waals surface area contributed by atoms with Crippen LogP contribution in [0.15, 0.2) is 65.6 Å². The number of aliphatic carboxylic acids is 1. The van der Waals surface area contributed by atoms with Crippen LogP contribution in [-0.4, -0.2) is 25.7 Å². The Labute approximate surface area is 129 Å². The maximum Gasteiger partial charge on any atom is 0.314 e. The first-order valence-electron chi connectivity index (χ1n) is 6.64. The summed E-state index contributed by atoms with van der Waals surface area (Å²) < 4.78 is 22.8. The fourth-order valence-electron chi connectivity index (χ4n) is 2.03. The third-order valence-corrected chi connectivity index (χ3v) is 4.34. The van der Waals surface area contributed by atoms with E-state index in [1.54, 1.807) is 48.6 Å². The zero-order valence-electron chi connectivity index (χ0n) is 12.0. The molecule has 0 saturated carbocycles. The van der Waals surface area contributed by atoms with E-state index in [9.17, 15) is 18.3 Å². The summed E-state index contributed by atoms with van der Waals surface area (Å²) in [6, 6.07) is 15.2. The predicted octanol–water partition coefficient (Wildman–Crippen LogP) is 2.97. The molecule has 22 heavy (non-hydrogen) atoms. The lowest BCUT2D eigenvalue weighted by atomic mass is 9.98. The summed E-state index contributed by atoms with van der Waals surface area (Å²) >= 11 is 0. The highest BCUT2D eigenvalue weighted by Gasteiger charge is 2.15. The number of sulfone groups is 1. The summed E-state index contributed by atoms with van der Waals surface area (Å²) in [6.45, 7) is 0. The van der Waals surface area contributed by atoms with E-state index >= 15 is 0 Å². The van der Waals surface area contributed by atoms with Crippen LogP contribution in [0.2, 0.25) is 0 Å². The van der Waals surface area contributed by atoms with E-state index in [1.807, 2.05) is 6.07 Å². The van der Waals surface area contributed by atoms with Gasteiger partial charge >= 0.3 is 5.97 Å². The van der Waals surface area contributed by atoms with Gasteiger partial charge in [-0.2, -0.15) is 0 Å². The van der Waals surface area contributed by atoms with Gasteiger partial charge < -0.3 is 5.11 Å². The lowest BCUT2D eigenvalue weighted by Crippen LogP contribution is -2.08. The van der Waals surface area contributed by atoms with E-state index in [1.165, 1.54) is 12.1 Å². The van der Waals surface area contributed by atoms with Gasteiger partial charge in [0.1, 0.15) is 5.92 Å². The molecule has 1 unspecified atom stereocenters. The molecule has 0 heterocycles. The fraction of sp³-hybridized carbons (Fsp3) is 0.118. The highest BCUT2D eigenvalue weighted by atomic mass is 32.2. The third kappa shape index (κ3) is 4.05. The minimum Gasteiger partial charge on any atom is -0.481 e. The van der Waals surface area contributed by atoms with Crippen LogP contribution in [0.1, 0.15) is 17.0 Å². The molecule has 5 heteroatoms. The highest BCUT2D eigenvalue weighted by Crippen LogP contribution is 2.19. The molecule has 2 aromatic carbocycles. The highest BCUT2D eigenvalue weighted by molar-refractivity contribution is 7.90. The molecule has 0 saturated heterocycles. The van der Waals surface area contributed by atoms with E-state index in [0.29, 0.717) is 5.56 Å². The molecule has 1 N–H and O–H groups in total. The van der Waals surface area contributed by atoms with Crippen LogP contribution in [0.4, 0.5) is 0 Å². The van der Waals surface area contributed by atoms with Crippen molar-refractivity contribution in [1.29, 1.82) is 0 Å². The number of carboxylic acids is 1. The summed E-state index contributed by atoms with van der Waals surface area (Å²) in [6.07, 6.45) is 4.42. The van der Waals surface area contributed by atoms with Crippen molar-refractivity contribution in [3.05, 3.63) is 71.8 Å². The summed E-state index contributed by atoms with van der Waals surface area (Å²) in [5.41, 5.74) is 1.44. The van der Waals surface area contributed by atoms with Gasteiger partial charge in [0.25, 0.3) is 0 Å². The zero-order chi connectivity index (χ0) is 16.2. The Hall–Kier alpha value is -2.40. The molecule has 0 radical (unpaired) electrons. The molecule has 0 spiro atoms. The molecule has 2 aromatic rings. The molecular weight excluding hydrogens is 300 g/mol. The SMILES string of the molecule is CS(=O)(=O)c1ccc(/C=C/C(C(=O)O)c2ccccc2)cc1. The summed E-state index contributed by atoms with van der Waals surface area (Å²) in [5, 5.41) is 9.32. The maximum atomic E-state index is 11.4. The number of hydrogen-bond donors (Lipinski definition) is 1. The van der Waals surface area contributed by atoms with Crippen molar-refractivity contribution in [2.75, 3.05) is 6.26 Å². The smallest absolute Gasteiger partial charge is 0.314 e. The molecule has 1 atom stereocenters. The molecule has 0 amide bonds. The van der Waals surface area contributed by atoms with Gasteiger partial charge in [-0.1, -0.05) is 54.6 Å². The molecule has 0 aliphatic carbocycles. The lowest BCUT2D eigenvalue weighted by molar-refractivity contribution is -0.137. The molecule has 0 fully saturated rings. The van der Waals surface area contributed by atoms with Gasteiger partial charge in [-0.05, 0) is 23.3 Å². The first-order chi connectivity index (χ1) is 10.4. The molecule has 0 aliphatic heterocycles. The Kier molecular flexibility index (Phi) is 4.78. The van der Waals surface area contributed by atoms with E-state index in [4.69, 9.17) is 0 Å². The summed E-state index contributed by atoms with van der Waals surface area (Å²) in [4.78, 5) is 11.6. The van der Waals surface area contributed by atoms with Gasteiger partial charge in [0.2, 0.25) is 0 Å². The zero-order valence-corrected chi connectivity index (χ0v) is 12.8. The van der Waals surface area contributed by atoms with Crippen molar-refractivity contribution in [3.8, 4) is 0 Å². The second-order valence-electron chi connectivity index (χ2n) is 4.93. The molecule has 114 valence electrons. The van der Waals surface area contributed by atoms with Gasteiger partial charge in [-0.25, -0.2) is 8.42 Å². The lowest BCUT2D eigenvalue weighted by Gasteiger charge is -2.07. The van der Waals surface area contributed by atoms with Gasteiger partial charge in [-0.15, -0.1) is 0 Å². The molecule has 0 aliphatic rings. The Morgan fingerprint density at radius 1 is 1.05 bits per heavy atom. The Morgan fingerprint density at radius 2 is 1.64 bits per heavy atom. The van der Waals surface area contributed by atoms with Crippen LogP contribution < -0.4 is 0 Å². The minimum absolute atomic E-state index is 0.238. The third-order valence-electron chi connectivity index (χ3n) is 3.21. The molecule has 0 bridgehead atoms. The van der Waals surface area contributed by atoms with Gasteiger partial charge in [0, 0.05) is 6.26 Å². The van der Waals surface area contributed by atoms with Crippen molar-refractivity contribution < 1.29 is 18.3 Å². The second-order valence-corrected chi connectivity index (χ2v) is 6.94. The fourth-order valence-corrected chi connectivity index (χ4v) is 2.66. The van der Waals surface area contributed by atoms with Crippen molar-refractivity contribution in [2.24, 2.45) is 0 Å². The monoisotopic (exact) mass is 316 g/mol. The van der Waals surface area contributed by atoms with E-state index in [-0.39, 0.29) is 4.90 Å². The average Bonchev–Trinajstić information content (AvgIpc) is 2.48. The number of benzene rings is 2. The number of hydrogen-bond acceptors (Lipinski definition) is 3. The Bertz CT molecular complexity index is 775. The quantitative estimate of drug-likeness (QED) is 0.920. The van der Waals surface area contributed by atoms with Crippen molar-refractivity contribution in [3.63, 3.8) is 0 Å². The molecule has 0 aromatic heterocycles. The van der Waals surface area contributed by atoms with Crippen LogP contribution in [0.3, 0.4) is 0 Å². The normalized spacial score (nSPS) is 13.1. The Morgan fingerprint density at radius 3 is 2.14 bits per heavy atom. The van der Waals surface area contributed by atoms with Crippen LogP contribution >= 0.6 is 0 Å². The van der Waals surface area contributed by atoms with Crippen molar-refractivity contribution >= 4 is 21.9 Å². The average molecular weight is 316 g/mol. The number of carboxylic acid groups (broad SMARTS) is 1. The van der Waals surface area contributed by atoms with E-state index in [2.05, 4.69) is 0 Å². The molecule has 4 nitrogen and oxygen atoms in total. The Balaban J connectivity index is 2.24. The second kappa shape index (κ2) is 6.58. The topological polar surface area (TPSA) is 71.4 Å². The van der Waals surface area contributed by atoms with E-state index < -0.39 is 21.7 Å². The molecule has 2 rings (SSSR count). The first-order valence-corrected chi connectivity index (χ1v) is 8.53. The van der Waals surface area contributed by atoms with E-state index in [0.717, 1.165) is 11.8 Å². The summed E-state index contributed by atoms with van der Waals surface area (Å²) in [5.74, 6) is -1.68. The van der Waals surface area contributed by atoms with Crippen LogP contribution in [0.5, 0.6) is 0 Å². The number of carbonyl (C=O) groups is 1. The van der Waals surface area contributed by atoms with Crippen molar-refractivity contribution in [1.82, 2.24) is 0 Å². The first kappa shape index (κ1) is 16.0. The van der Waals surface area contributed by atoms with Gasteiger partial charge in [0.15, 0.2) is 9.84 Å². The van der Waals surface area contributed by atoms with Crippen molar-refractivity contribution in [2.45, 2.75) is 10.8 Å². The van der Waals surface area contributed by atoms with Gasteiger partial charge in [-0.3, -0.25) is 4.79 Å².